The van der Waals surface area contributed by atoms with E-state index in [-0.39, 0.29) is 11.9 Å². The Bertz CT molecular complexity index is 979. The van der Waals surface area contributed by atoms with Gasteiger partial charge in [0.25, 0.3) is 5.91 Å². The highest BCUT2D eigenvalue weighted by Gasteiger charge is 2.18. The first-order valence-electron chi connectivity index (χ1n) is 9.09. The first-order valence-corrected chi connectivity index (χ1v) is 9.91. The maximum absolute atomic E-state index is 12.9. The van der Waals surface area contributed by atoms with Crippen LogP contribution in [0.2, 0.25) is 0 Å². The zero-order chi connectivity index (χ0) is 19.3. The predicted molar refractivity (Wildman–Crippen MR) is 108 cm³/mol. The number of rotatable bonds is 5. The van der Waals surface area contributed by atoms with Gasteiger partial charge in [-0.15, -0.1) is 0 Å². The van der Waals surface area contributed by atoms with Gasteiger partial charge >= 0.3 is 0 Å². The summed E-state index contributed by atoms with van der Waals surface area (Å²) in [6.07, 6.45) is 1.70. The lowest BCUT2D eigenvalue weighted by atomic mass is 10.1. The summed E-state index contributed by atoms with van der Waals surface area (Å²) in [7, 11) is 0. The molecule has 0 radical (unpaired) electrons. The highest BCUT2D eigenvalue weighted by molar-refractivity contribution is 7.99. The third-order valence-corrected chi connectivity index (χ3v) is 5.41. The second-order valence-corrected chi connectivity index (χ2v) is 7.43. The Morgan fingerprint density at radius 3 is 2.64 bits per heavy atom. The molecule has 0 saturated carbocycles. The smallest absolute Gasteiger partial charge is 0.254 e. The summed E-state index contributed by atoms with van der Waals surface area (Å²) >= 11 is 1.48. The Labute approximate surface area is 168 Å². The average molecular weight is 392 g/mol. The summed E-state index contributed by atoms with van der Waals surface area (Å²) in [6.45, 7) is 3.04. The molecule has 28 heavy (non-hydrogen) atoms. The number of ether oxygens (including phenoxy) is 2. The van der Waals surface area contributed by atoms with Gasteiger partial charge in [0.2, 0.25) is 0 Å². The number of pyridine rings is 1. The molecular formula is C22H20N2O3S. The van der Waals surface area contributed by atoms with E-state index >= 15 is 0 Å². The highest BCUT2D eigenvalue weighted by atomic mass is 32.2. The van der Waals surface area contributed by atoms with Gasteiger partial charge < -0.3 is 14.8 Å². The lowest BCUT2D eigenvalue weighted by Crippen LogP contribution is -2.27. The molecule has 1 atom stereocenters. The molecule has 1 aromatic heterocycles. The van der Waals surface area contributed by atoms with Gasteiger partial charge in [-0.2, -0.15) is 0 Å². The fraction of sp³-hybridized carbons (Fsp3) is 0.182. The third kappa shape index (κ3) is 4.12. The van der Waals surface area contributed by atoms with Crippen molar-refractivity contribution >= 4 is 17.7 Å². The zero-order valence-corrected chi connectivity index (χ0v) is 16.2. The van der Waals surface area contributed by atoms with Gasteiger partial charge in [0.1, 0.15) is 18.2 Å². The van der Waals surface area contributed by atoms with E-state index < -0.39 is 0 Å². The molecule has 5 nitrogen and oxygen atoms in total. The van der Waals surface area contributed by atoms with Gasteiger partial charge in [-0.05, 0) is 48.9 Å². The van der Waals surface area contributed by atoms with Crippen molar-refractivity contribution in [3.8, 4) is 11.5 Å². The van der Waals surface area contributed by atoms with Gasteiger partial charge in [-0.3, -0.25) is 4.79 Å². The summed E-state index contributed by atoms with van der Waals surface area (Å²) in [4.78, 5) is 18.3. The summed E-state index contributed by atoms with van der Waals surface area (Å²) < 4.78 is 11.2. The maximum Gasteiger partial charge on any atom is 0.254 e. The van der Waals surface area contributed by atoms with Crippen LogP contribution in [0.25, 0.3) is 0 Å². The third-order valence-electron chi connectivity index (χ3n) is 4.39. The lowest BCUT2D eigenvalue weighted by Gasteiger charge is -2.21. The zero-order valence-electron chi connectivity index (χ0n) is 15.4. The number of nitrogens with zero attached hydrogens (tertiary/aromatic N) is 1. The minimum absolute atomic E-state index is 0.158. The van der Waals surface area contributed by atoms with Crippen molar-refractivity contribution < 1.29 is 14.3 Å². The van der Waals surface area contributed by atoms with Crippen LogP contribution in [-0.2, 0) is 0 Å². The molecule has 0 bridgehead atoms. The quantitative estimate of drug-likeness (QED) is 0.693. The number of carbonyl (C=O) groups is 1. The second-order valence-electron chi connectivity index (χ2n) is 6.37. The van der Waals surface area contributed by atoms with Gasteiger partial charge in [-0.25, -0.2) is 4.98 Å². The second kappa shape index (κ2) is 8.35. The van der Waals surface area contributed by atoms with Crippen LogP contribution in [0, 0.1) is 0 Å². The van der Waals surface area contributed by atoms with E-state index in [0.717, 1.165) is 16.2 Å². The summed E-state index contributed by atoms with van der Waals surface area (Å²) in [6, 6.07) is 19.0. The Kier molecular flexibility index (Phi) is 5.48. The molecule has 1 amide bonds. The van der Waals surface area contributed by atoms with Crippen LogP contribution in [0.15, 0.2) is 76.8 Å². The average Bonchev–Trinajstić information content (AvgIpc) is 2.74. The Hall–Kier alpha value is -2.99. The lowest BCUT2D eigenvalue weighted by molar-refractivity contribution is 0.0936. The minimum atomic E-state index is -0.182. The fourth-order valence-electron chi connectivity index (χ4n) is 2.93. The van der Waals surface area contributed by atoms with Crippen molar-refractivity contribution in [2.75, 3.05) is 13.2 Å². The molecule has 3 aromatic rings. The van der Waals surface area contributed by atoms with Gasteiger partial charge in [-0.1, -0.05) is 36.0 Å². The minimum Gasteiger partial charge on any atom is -0.486 e. The number of hydrogen-bond donors (Lipinski definition) is 1. The molecule has 1 N–H and O–H groups in total. The van der Waals surface area contributed by atoms with Crippen molar-refractivity contribution in [2.45, 2.75) is 22.9 Å². The maximum atomic E-state index is 12.9. The molecule has 2 aromatic carbocycles. The van der Waals surface area contributed by atoms with E-state index in [4.69, 9.17) is 9.47 Å². The summed E-state index contributed by atoms with van der Waals surface area (Å²) in [5.74, 6) is 1.29. The number of fused-ring (bicyclic) bond motifs is 1. The van der Waals surface area contributed by atoms with Crippen molar-refractivity contribution in [3.63, 3.8) is 0 Å². The van der Waals surface area contributed by atoms with E-state index in [1.165, 1.54) is 11.8 Å². The molecule has 2 heterocycles. The summed E-state index contributed by atoms with van der Waals surface area (Å²) in [5.41, 5.74) is 1.51. The van der Waals surface area contributed by atoms with Gasteiger partial charge in [0, 0.05) is 11.1 Å². The van der Waals surface area contributed by atoms with Crippen molar-refractivity contribution in [1.82, 2.24) is 10.3 Å². The number of hydrogen-bond acceptors (Lipinski definition) is 5. The van der Waals surface area contributed by atoms with Crippen LogP contribution < -0.4 is 14.8 Å². The van der Waals surface area contributed by atoms with Crippen molar-refractivity contribution in [1.29, 1.82) is 0 Å². The van der Waals surface area contributed by atoms with Gasteiger partial charge in [0.05, 0.1) is 11.6 Å². The first kappa shape index (κ1) is 18.4. The van der Waals surface area contributed by atoms with Crippen molar-refractivity contribution in [3.05, 3.63) is 78.0 Å². The van der Waals surface area contributed by atoms with Crippen LogP contribution in [-0.4, -0.2) is 24.1 Å². The SMILES string of the molecule is C[C@H](NC(=O)c1cccnc1Sc1ccccc1)c1ccc2c(c1)OCCO2. The number of nitrogens with one attached hydrogen (secondary N) is 1. The Morgan fingerprint density at radius 1 is 1.04 bits per heavy atom. The van der Waals surface area contributed by atoms with Crippen LogP contribution in [0.5, 0.6) is 11.5 Å². The van der Waals surface area contributed by atoms with E-state index in [2.05, 4.69) is 10.3 Å². The molecule has 0 fully saturated rings. The Balaban J connectivity index is 1.51. The van der Waals surface area contributed by atoms with Crippen LogP contribution in [0.3, 0.4) is 0 Å². The van der Waals surface area contributed by atoms with E-state index in [9.17, 15) is 4.79 Å². The molecule has 142 valence electrons. The molecule has 6 heteroatoms. The van der Waals surface area contributed by atoms with Crippen molar-refractivity contribution in [2.24, 2.45) is 0 Å². The molecular weight excluding hydrogens is 372 g/mol. The first-order chi connectivity index (χ1) is 13.7. The molecule has 1 aliphatic heterocycles. The molecule has 0 unspecified atom stereocenters. The fourth-order valence-corrected chi connectivity index (χ4v) is 3.83. The standard InChI is InChI=1S/C22H20N2O3S/c1-15(16-9-10-19-20(14-16)27-13-12-26-19)24-21(25)18-8-5-11-23-22(18)28-17-6-3-2-4-7-17/h2-11,14-15H,12-13H2,1H3,(H,24,25)/t15-/m0/s1. The number of carbonyl (C=O) groups excluding carboxylic acids is 1. The predicted octanol–water partition coefficient (Wildman–Crippen LogP) is 4.50. The topological polar surface area (TPSA) is 60.5 Å². The van der Waals surface area contributed by atoms with Crippen LogP contribution in [0.4, 0.5) is 0 Å². The molecule has 0 spiro atoms. The monoisotopic (exact) mass is 392 g/mol. The Morgan fingerprint density at radius 2 is 1.82 bits per heavy atom. The van der Waals surface area contributed by atoms with E-state index in [1.807, 2.05) is 55.5 Å². The van der Waals surface area contributed by atoms with Crippen LogP contribution >= 0.6 is 11.8 Å². The normalized spacial score (nSPS) is 13.6. The van der Waals surface area contributed by atoms with E-state index in [0.29, 0.717) is 29.6 Å². The van der Waals surface area contributed by atoms with Crippen LogP contribution in [0.1, 0.15) is 28.9 Å². The molecule has 0 saturated heterocycles. The highest BCUT2D eigenvalue weighted by Crippen LogP contribution is 2.33. The largest absolute Gasteiger partial charge is 0.486 e. The summed E-state index contributed by atoms with van der Waals surface area (Å²) in [5, 5.41) is 3.74. The van der Waals surface area contributed by atoms with Gasteiger partial charge in [0.15, 0.2) is 11.5 Å². The molecule has 4 rings (SSSR count). The number of benzene rings is 2. The number of aromatic nitrogens is 1. The van der Waals surface area contributed by atoms with E-state index in [1.54, 1.807) is 18.3 Å². The number of amides is 1. The molecule has 0 aliphatic carbocycles. The molecule has 1 aliphatic rings.